The van der Waals surface area contributed by atoms with E-state index in [2.05, 4.69) is 215 Å². The van der Waals surface area contributed by atoms with Gasteiger partial charge in [-0.25, -0.2) is 15.0 Å². The second kappa shape index (κ2) is 14.3. The molecule has 0 bridgehead atoms. The molecule has 5 heteroatoms. The largest absolute Gasteiger partial charge is 0.309 e. The van der Waals surface area contributed by atoms with Crippen LogP contribution in [0.4, 0.5) is 0 Å². The fourth-order valence-corrected chi connectivity index (χ4v) is 10.4. The van der Waals surface area contributed by atoms with E-state index in [4.69, 9.17) is 15.0 Å². The van der Waals surface area contributed by atoms with Crippen LogP contribution in [0.15, 0.2) is 224 Å². The van der Waals surface area contributed by atoms with Gasteiger partial charge in [-0.05, 0) is 92.3 Å². The van der Waals surface area contributed by atoms with Crippen LogP contribution in [-0.4, -0.2) is 24.1 Å². The lowest BCUT2D eigenvalue weighted by Gasteiger charge is -2.14. The van der Waals surface area contributed by atoms with Gasteiger partial charge in [0.15, 0.2) is 17.5 Å². The molecule has 14 rings (SSSR count). The van der Waals surface area contributed by atoms with Crippen molar-refractivity contribution in [3.8, 4) is 45.5 Å². The lowest BCUT2D eigenvalue weighted by atomic mass is 10.0. The van der Waals surface area contributed by atoms with Crippen LogP contribution in [-0.2, 0) is 0 Å². The van der Waals surface area contributed by atoms with E-state index in [1.165, 1.54) is 59.5 Å². The molecular weight excluding hydrogens is 803 g/mol. The number of para-hydroxylation sites is 2. The molecule has 0 N–H and O–H groups in total. The molecule has 0 unspecified atom stereocenters. The van der Waals surface area contributed by atoms with E-state index in [1.54, 1.807) is 0 Å². The van der Waals surface area contributed by atoms with Crippen LogP contribution in [0.5, 0.6) is 0 Å². The van der Waals surface area contributed by atoms with Crippen molar-refractivity contribution in [3.63, 3.8) is 0 Å². The zero-order chi connectivity index (χ0) is 43.3. The molecule has 5 nitrogen and oxygen atoms in total. The molecule has 0 aliphatic heterocycles. The Hall–Kier alpha value is -8.93. The standard InChI is InChI=1S/C61H37N5/c1-2-15-41(16-3-1)59-62-60(44-26-25-38-13-4-5-17-42(38)33-44)64-61(63-59)52-22-12-18-40-27-30-47(37-53(40)52)65-55-23-10-9-21-50(55)54-35-45-34-46(31-28-43(45)36-57(54)65)66-56-24-11-8-20-49(56)51-32-29-39-14-6-7-19-48(39)58(51)66/h1-37H. The lowest BCUT2D eigenvalue weighted by molar-refractivity contribution is 1.08. The minimum atomic E-state index is 0.634. The number of benzene rings is 11. The third-order valence-corrected chi connectivity index (χ3v) is 13.5. The van der Waals surface area contributed by atoms with E-state index in [0.29, 0.717) is 17.5 Å². The Bertz CT molecular complexity index is 4290. The van der Waals surface area contributed by atoms with Crippen molar-refractivity contribution in [1.82, 2.24) is 24.1 Å². The Kier molecular flexibility index (Phi) is 7.91. The van der Waals surface area contributed by atoms with E-state index in [1.807, 2.05) is 18.2 Å². The predicted octanol–water partition coefficient (Wildman–Crippen LogP) is 15.7. The molecule has 0 amide bonds. The third-order valence-electron chi connectivity index (χ3n) is 13.5. The van der Waals surface area contributed by atoms with Crippen molar-refractivity contribution < 1.29 is 0 Å². The first-order valence-electron chi connectivity index (χ1n) is 22.4. The van der Waals surface area contributed by atoms with Crippen LogP contribution >= 0.6 is 0 Å². The molecule has 306 valence electrons. The minimum Gasteiger partial charge on any atom is -0.309 e. The molecule has 0 aliphatic rings. The molecular formula is C61H37N5. The van der Waals surface area contributed by atoms with Gasteiger partial charge in [-0.2, -0.15) is 0 Å². The van der Waals surface area contributed by atoms with E-state index in [0.717, 1.165) is 55.3 Å². The van der Waals surface area contributed by atoms with Crippen LogP contribution in [0.2, 0.25) is 0 Å². The molecule has 0 aliphatic carbocycles. The predicted molar refractivity (Wildman–Crippen MR) is 275 cm³/mol. The third kappa shape index (κ3) is 5.63. The summed E-state index contributed by atoms with van der Waals surface area (Å²) in [4.78, 5) is 15.5. The Balaban J connectivity index is 0.951. The minimum absolute atomic E-state index is 0.634. The summed E-state index contributed by atoms with van der Waals surface area (Å²) in [6.45, 7) is 0. The fraction of sp³-hybridized carbons (Fsp3) is 0. The van der Waals surface area contributed by atoms with Crippen LogP contribution in [0.3, 0.4) is 0 Å². The molecule has 3 aromatic heterocycles. The zero-order valence-electron chi connectivity index (χ0n) is 35.6. The summed E-state index contributed by atoms with van der Waals surface area (Å²) in [7, 11) is 0. The molecule has 0 atom stereocenters. The number of hydrogen-bond acceptors (Lipinski definition) is 3. The Morgan fingerprint density at radius 3 is 1.67 bits per heavy atom. The summed E-state index contributed by atoms with van der Waals surface area (Å²) in [6.07, 6.45) is 0. The monoisotopic (exact) mass is 839 g/mol. The first kappa shape index (κ1) is 36.5. The molecule has 0 radical (unpaired) electrons. The summed E-state index contributed by atoms with van der Waals surface area (Å²) in [5, 5.41) is 14.3. The van der Waals surface area contributed by atoms with Gasteiger partial charge in [0.05, 0.1) is 22.1 Å². The van der Waals surface area contributed by atoms with Gasteiger partial charge in [-0.15, -0.1) is 0 Å². The summed E-state index contributed by atoms with van der Waals surface area (Å²) in [5.41, 5.74) is 9.80. The van der Waals surface area contributed by atoms with Crippen molar-refractivity contribution in [2.24, 2.45) is 0 Å². The maximum absolute atomic E-state index is 5.23. The Morgan fingerprint density at radius 1 is 0.258 bits per heavy atom. The Morgan fingerprint density at radius 2 is 0.833 bits per heavy atom. The quantitative estimate of drug-likeness (QED) is 0.173. The highest BCUT2D eigenvalue weighted by Crippen LogP contribution is 2.40. The maximum atomic E-state index is 5.23. The first-order chi connectivity index (χ1) is 32.7. The van der Waals surface area contributed by atoms with Crippen LogP contribution < -0.4 is 0 Å². The smallest absolute Gasteiger partial charge is 0.164 e. The van der Waals surface area contributed by atoms with Gasteiger partial charge < -0.3 is 9.13 Å². The van der Waals surface area contributed by atoms with Crippen LogP contribution in [0.25, 0.3) is 132 Å². The highest BCUT2D eigenvalue weighted by atomic mass is 15.0. The van der Waals surface area contributed by atoms with Gasteiger partial charge in [0.25, 0.3) is 0 Å². The highest BCUT2D eigenvalue weighted by Gasteiger charge is 2.19. The normalized spacial score (nSPS) is 11.9. The van der Waals surface area contributed by atoms with Crippen molar-refractivity contribution in [2.45, 2.75) is 0 Å². The molecule has 0 spiro atoms. The van der Waals surface area contributed by atoms with E-state index >= 15 is 0 Å². The van der Waals surface area contributed by atoms with Crippen LogP contribution in [0, 0.1) is 0 Å². The first-order valence-corrected chi connectivity index (χ1v) is 22.4. The average Bonchev–Trinajstić information content (AvgIpc) is 3.90. The van der Waals surface area contributed by atoms with Gasteiger partial charge in [0, 0.05) is 55.0 Å². The number of rotatable bonds is 5. The van der Waals surface area contributed by atoms with Crippen molar-refractivity contribution in [1.29, 1.82) is 0 Å². The number of aromatic nitrogens is 5. The molecule has 3 heterocycles. The fourth-order valence-electron chi connectivity index (χ4n) is 10.4. The van der Waals surface area contributed by atoms with Gasteiger partial charge in [-0.3, -0.25) is 0 Å². The van der Waals surface area contributed by atoms with Crippen LogP contribution in [0.1, 0.15) is 0 Å². The number of nitrogens with zero attached hydrogens (tertiary/aromatic N) is 5. The highest BCUT2D eigenvalue weighted by molar-refractivity contribution is 6.19. The summed E-state index contributed by atoms with van der Waals surface area (Å²) >= 11 is 0. The van der Waals surface area contributed by atoms with Crippen molar-refractivity contribution >= 4 is 86.7 Å². The molecule has 14 aromatic rings. The number of fused-ring (bicyclic) bond motifs is 11. The van der Waals surface area contributed by atoms with Gasteiger partial charge in [0.2, 0.25) is 0 Å². The maximum Gasteiger partial charge on any atom is 0.164 e. The van der Waals surface area contributed by atoms with Crippen molar-refractivity contribution in [2.75, 3.05) is 0 Å². The van der Waals surface area contributed by atoms with Gasteiger partial charge in [0.1, 0.15) is 0 Å². The molecule has 0 saturated carbocycles. The average molecular weight is 840 g/mol. The molecule has 0 saturated heterocycles. The van der Waals surface area contributed by atoms with Crippen molar-refractivity contribution in [3.05, 3.63) is 224 Å². The topological polar surface area (TPSA) is 48.5 Å². The molecule has 66 heavy (non-hydrogen) atoms. The summed E-state index contributed by atoms with van der Waals surface area (Å²) in [6, 6.07) is 80.6. The SMILES string of the molecule is c1ccc(-c2nc(-c3ccc4ccccc4c3)nc(-c3cccc4ccc(-n5c6ccccc6c6cc7cc(-n8c9ccccc9c9ccc%10ccccc%10c98)ccc7cc65)cc34)n2)cc1. The zero-order valence-corrected chi connectivity index (χ0v) is 35.6. The lowest BCUT2D eigenvalue weighted by Crippen LogP contribution is -2.01. The second-order valence-corrected chi connectivity index (χ2v) is 17.2. The van der Waals surface area contributed by atoms with E-state index < -0.39 is 0 Å². The van der Waals surface area contributed by atoms with E-state index in [-0.39, 0.29) is 0 Å². The Labute approximate surface area is 379 Å². The summed E-state index contributed by atoms with van der Waals surface area (Å²) < 4.78 is 4.86. The number of hydrogen-bond donors (Lipinski definition) is 0. The van der Waals surface area contributed by atoms with Gasteiger partial charge in [-0.1, -0.05) is 170 Å². The summed E-state index contributed by atoms with van der Waals surface area (Å²) in [5.74, 6) is 1.91. The van der Waals surface area contributed by atoms with Gasteiger partial charge >= 0.3 is 0 Å². The molecule has 0 fully saturated rings. The molecule has 11 aromatic carbocycles. The van der Waals surface area contributed by atoms with E-state index in [9.17, 15) is 0 Å². The second-order valence-electron chi connectivity index (χ2n) is 17.2.